The average molecular weight is 421 g/mol. The summed E-state index contributed by atoms with van der Waals surface area (Å²) in [5.74, 6) is -0.309. The first kappa shape index (κ1) is 17.6. The third-order valence-electron chi connectivity index (χ3n) is 4.99. The summed E-state index contributed by atoms with van der Waals surface area (Å²) in [5, 5.41) is 5.97. The third kappa shape index (κ3) is 2.79. The van der Waals surface area contributed by atoms with E-state index in [9.17, 15) is 9.59 Å². The van der Waals surface area contributed by atoms with Gasteiger partial charge in [0.05, 0.1) is 11.4 Å². The molecule has 2 aliphatic rings. The first-order valence-electron chi connectivity index (χ1n) is 8.60. The van der Waals surface area contributed by atoms with E-state index in [0.717, 1.165) is 15.6 Å². The Morgan fingerprint density at radius 1 is 0.963 bits per heavy atom. The predicted molar refractivity (Wildman–Crippen MR) is 110 cm³/mol. The smallest absolute Gasteiger partial charge is 0.267 e. The Balaban J connectivity index is 1.83. The molecule has 5 heteroatoms. The van der Waals surface area contributed by atoms with Gasteiger partial charge in [-0.1, -0.05) is 51.8 Å². The molecule has 0 saturated carbocycles. The molecule has 1 spiro atoms. The highest BCUT2D eigenvalue weighted by Crippen LogP contribution is 2.46. The predicted octanol–water partition coefficient (Wildman–Crippen LogP) is 4.69. The van der Waals surface area contributed by atoms with Crippen LogP contribution < -0.4 is 5.01 Å². The van der Waals surface area contributed by atoms with Crippen molar-refractivity contribution < 1.29 is 9.59 Å². The van der Waals surface area contributed by atoms with E-state index in [4.69, 9.17) is 0 Å². The maximum absolute atomic E-state index is 13.5. The molecule has 2 aromatic carbocycles. The molecule has 0 saturated heterocycles. The molecular weight excluding hydrogens is 404 g/mol. The molecular formula is C22H17BrN2O2. The quantitative estimate of drug-likeness (QED) is 0.707. The molecule has 0 bridgehead atoms. The van der Waals surface area contributed by atoms with Crippen LogP contribution in [-0.4, -0.2) is 17.4 Å². The van der Waals surface area contributed by atoms with Crippen LogP contribution in [0.4, 0.5) is 5.69 Å². The van der Waals surface area contributed by atoms with Crippen LogP contribution in [0.15, 0.2) is 76.3 Å². The van der Waals surface area contributed by atoms with Crippen LogP contribution in [0.25, 0.3) is 5.57 Å². The fourth-order valence-electron chi connectivity index (χ4n) is 3.50. The maximum Gasteiger partial charge on any atom is 0.267 e. The Bertz CT molecular complexity index is 1030. The van der Waals surface area contributed by atoms with Gasteiger partial charge in [-0.05, 0) is 61.4 Å². The molecule has 1 aliphatic carbocycles. The third-order valence-corrected chi connectivity index (χ3v) is 5.52. The van der Waals surface area contributed by atoms with Crippen molar-refractivity contribution in [2.24, 2.45) is 10.5 Å². The average Bonchev–Trinajstić information content (AvgIpc) is 2.90. The van der Waals surface area contributed by atoms with E-state index >= 15 is 0 Å². The molecule has 2 aromatic rings. The number of anilines is 1. The molecule has 134 valence electrons. The minimum Gasteiger partial charge on any atom is -0.290 e. The molecule has 0 fully saturated rings. The number of rotatable bonds is 2. The molecule has 1 atom stereocenters. The van der Waals surface area contributed by atoms with Crippen molar-refractivity contribution in [3.8, 4) is 0 Å². The lowest BCUT2D eigenvalue weighted by Crippen LogP contribution is -2.40. The van der Waals surface area contributed by atoms with Crippen LogP contribution in [0.3, 0.4) is 0 Å². The second-order valence-corrected chi connectivity index (χ2v) is 7.66. The summed E-state index contributed by atoms with van der Waals surface area (Å²) >= 11 is 3.41. The highest BCUT2D eigenvalue weighted by molar-refractivity contribution is 9.10. The van der Waals surface area contributed by atoms with Crippen LogP contribution in [-0.2, 0) is 9.59 Å². The van der Waals surface area contributed by atoms with Gasteiger partial charge in [-0.15, -0.1) is 0 Å². The van der Waals surface area contributed by atoms with Crippen molar-refractivity contribution in [3.05, 3.63) is 82.4 Å². The molecule has 4 nitrogen and oxygen atoms in total. The number of nitrogens with zero attached hydrogens (tertiary/aromatic N) is 2. The van der Waals surface area contributed by atoms with Crippen LogP contribution in [0.1, 0.15) is 18.1 Å². The summed E-state index contributed by atoms with van der Waals surface area (Å²) in [5.41, 5.74) is 2.90. The molecule has 4 rings (SSSR count). The van der Waals surface area contributed by atoms with Crippen LogP contribution in [0.2, 0.25) is 0 Å². The number of halogens is 1. The number of aryl methyl sites for hydroxylation is 1. The normalized spacial score (nSPS) is 21.7. The highest BCUT2D eigenvalue weighted by atomic mass is 79.9. The van der Waals surface area contributed by atoms with Gasteiger partial charge in [-0.2, -0.15) is 10.1 Å². The number of amides is 1. The zero-order valence-corrected chi connectivity index (χ0v) is 16.5. The minimum absolute atomic E-state index is 0.126. The molecule has 1 unspecified atom stereocenters. The Labute approximate surface area is 166 Å². The largest absolute Gasteiger partial charge is 0.290 e. The number of hydrogen-bond donors (Lipinski definition) is 0. The van der Waals surface area contributed by atoms with Crippen molar-refractivity contribution in [1.82, 2.24) is 0 Å². The Morgan fingerprint density at radius 3 is 2.30 bits per heavy atom. The zero-order valence-electron chi connectivity index (χ0n) is 14.9. The summed E-state index contributed by atoms with van der Waals surface area (Å²) in [4.78, 5) is 25.7. The lowest BCUT2D eigenvalue weighted by Gasteiger charge is -2.30. The number of hydrogen-bond acceptors (Lipinski definition) is 3. The van der Waals surface area contributed by atoms with Crippen molar-refractivity contribution in [3.63, 3.8) is 0 Å². The van der Waals surface area contributed by atoms with Crippen molar-refractivity contribution >= 4 is 44.6 Å². The second kappa shape index (κ2) is 6.43. The number of allylic oxidation sites excluding steroid dienone is 2. The van der Waals surface area contributed by atoms with Gasteiger partial charge in [0, 0.05) is 4.47 Å². The van der Waals surface area contributed by atoms with Crippen LogP contribution >= 0.6 is 15.9 Å². The highest BCUT2D eigenvalue weighted by Gasteiger charge is 2.52. The summed E-state index contributed by atoms with van der Waals surface area (Å²) in [6.45, 7) is 3.83. The van der Waals surface area contributed by atoms with Gasteiger partial charge in [0.25, 0.3) is 5.91 Å². The Hall–Kier alpha value is -2.79. The molecule has 0 radical (unpaired) electrons. The van der Waals surface area contributed by atoms with Crippen molar-refractivity contribution in [1.29, 1.82) is 0 Å². The van der Waals surface area contributed by atoms with Gasteiger partial charge in [0.2, 0.25) is 0 Å². The van der Waals surface area contributed by atoms with E-state index in [1.807, 2.05) is 62.4 Å². The van der Waals surface area contributed by atoms with Gasteiger partial charge in [-0.3, -0.25) is 9.59 Å². The van der Waals surface area contributed by atoms with E-state index in [1.165, 1.54) is 11.1 Å². The fraction of sp³-hybridized carbons (Fsp3) is 0.136. The monoisotopic (exact) mass is 420 g/mol. The minimum atomic E-state index is -1.06. The first-order chi connectivity index (χ1) is 12.9. The van der Waals surface area contributed by atoms with E-state index in [2.05, 4.69) is 21.0 Å². The van der Waals surface area contributed by atoms with Gasteiger partial charge < -0.3 is 0 Å². The van der Waals surface area contributed by atoms with Gasteiger partial charge >= 0.3 is 0 Å². The molecule has 27 heavy (non-hydrogen) atoms. The van der Waals surface area contributed by atoms with E-state index in [0.29, 0.717) is 17.0 Å². The number of hydrazone groups is 1. The molecule has 1 aliphatic heterocycles. The number of carbonyl (C=O) groups excluding carboxylic acids is 2. The van der Waals surface area contributed by atoms with E-state index < -0.39 is 5.41 Å². The molecule has 0 N–H and O–H groups in total. The standard InChI is InChI=1S/C22H17BrN2O2/c1-14-3-5-16(6-4-14)20-13-19(26)11-12-22(20)15(2)24-25(21(22)27)18-9-7-17(23)8-10-18/h3-13H,1-2H3. The molecule has 1 heterocycles. The van der Waals surface area contributed by atoms with Gasteiger partial charge in [-0.25, -0.2) is 0 Å². The fourth-order valence-corrected chi connectivity index (χ4v) is 3.76. The lowest BCUT2D eigenvalue weighted by molar-refractivity contribution is -0.120. The summed E-state index contributed by atoms with van der Waals surface area (Å²) in [7, 11) is 0. The topological polar surface area (TPSA) is 49.7 Å². The van der Waals surface area contributed by atoms with Crippen molar-refractivity contribution in [2.75, 3.05) is 5.01 Å². The lowest BCUT2D eigenvalue weighted by atomic mass is 9.70. The van der Waals surface area contributed by atoms with Gasteiger partial charge in [0.1, 0.15) is 5.41 Å². The molecule has 1 amide bonds. The number of ketones is 1. The van der Waals surface area contributed by atoms with E-state index in [1.54, 1.807) is 12.2 Å². The van der Waals surface area contributed by atoms with Crippen molar-refractivity contribution in [2.45, 2.75) is 13.8 Å². The maximum atomic E-state index is 13.5. The first-order valence-corrected chi connectivity index (χ1v) is 9.39. The Kier molecular flexibility index (Phi) is 4.19. The summed E-state index contributed by atoms with van der Waals surface area (Å²) < 4.78 is 0.928. The Morgan fingerprint density at radius 2 is 1.63 bits per heavy atom. The number of benzene rings is 2. The SMILES string of the molecule is CC1=NN(c2ccc(Br)cc2)C(=O)C12C=CC(=O)C=C2c1ccc(C)cc1. The van der Waals surface area contributed by atoms with Crippen LogP contribution in [0, 0.1) is 12.3 Å². The van der Waals surface area contributed by atoms with Crippen LogP contribution in [0.5, 0.6) is 0 Å². The second-order valence-electron chi connectivity index (χ2n) is 6.75. The summed E-state index contributed by atoms with van der Waals surface area (Å²) in [6, 6.07) is 15.3. The summed E-state index contributed by atoms with van der Waals surface area (Å²) in [6.07, 6.45) is 4.69. The zero-order chi connectivity index (χ0) is 19.2. The molecule has 0 aromatic heterocycles. The van der Waals surface area contributed by atoms with E-state index in [-0.39, 0.29) is 11.7 Å². The number of carbonyl (C=O) groups is 2. The van der Waals surface area contributed by atoms with Gasteiger partial charge in [0.15, 0.2) is 5.78 Å².